The van der Waals surface area contributed by atoms with E-state index in [4.69, 9.17) is 11.6 Å². The third-order valence-electron chi connectivity index (χ3n) is 4.30. The number of nitrogens with zero attached hydrogens (tertiary/aromatic N) is 1. The Bertz CT molecular complexity index is 780. The van der Waals surface area contributed by atoms with Gasteiger partial charge in [-0.1, -0.05) is 35.9 Å². The van der Waals surface area contributed by atoms with Crippen LogP contribution in [0.5, 0.6) is 0 Å². The fourth-order valence-corrected chi connectivity index (χ4v) is 3.54. The molecular weight excluding hydrogens is 380 g/mol. The summed E-state index contributed by atoms with van der Waals surface area (Å²) in [5.74, 6) is 0.0462. The standard InChI is InChI=1S/C21H25ClN2O2S/c1-4-23-21(26)16(3)24(13-17-8-6-5-7-15(17)2)20(25)14-27-19-11-9-18(22)10-12-19/h5-12,16H,4,13-14H2,1-3H3,(H,23,26). The molecule has 1 unspecified atom stereocenters. The smallest absolute Gasteiger partial charge is 0.242 e. The molecule has 0 aliphatic carbocycles. The molecule has 0 spiro atoms. The summed E-state index contributed by atoms with van der Waals surface area (Å²) < 4.78 is 0. The van der Waals surface area contributed by atoms with Gasteiger partial charge >= 0.3 is 0 Å². The van der Waals surface area contributed by atoms with E-state index in [0.717, 1.165) is 16.0 Å². The van der Waals surface area contributed by atoms with Crippen LogP contribution in [0.3, 0.4) is 0 Å². The summed E-state index contributed by atoms with van der Waals surface area (Å²) in [6, 6.07) is 14.8. The lowest BCUT2D eigenvalue weighted by Crippen LogP contribution is -2.48. The SMILES string of the molecule is CCNC(=O)C(C)N(Cc1ccccc1C)C(=O)CSc1ccc(Cl)cc1. The zero-order chi connectivity index (χ0) is 19.8. The van der Waals surface area contributed by atoms with Crippen LogP contribution in [0, 0.1) is 6.92 Å². The van der Waals surface area contributed by atoms with Gasteiger partial charge < -0.3 is 10.2 Å². The number of benzene rings is 2. The average molecular weight is 405 g/mol. The van der Waals surface area contributed by atoms with Crippen LogP contribution in [0.1, 0.15) is 25.0 Å². The Morgan fingerprint density at radius 1 is 1.15 bits per heavy atom. The number of nitrogens with one attached hydrogen (secondary N) is 1. The van der Waals surface area contributed by atoms with Gasteiger partial charge in [0.1, 0.15) is 6.04 Å². The molecular formula is C21H25ClN2O2S. The minimum atomic E-state index is -0.539. The van der Waals surface area contributed by atoms with Gasteiger partial charge in [0.25, 0.3) is 0 Å². The van der Waals surface area contributed by atoms with Crippen LogP contribution < -0.4 is 5.32 Å². The zero-order valence-electron chi connectivity index (χ0n) is 15.9. The number of thioether (sulfide) groups is 1. The van der Waals surface area contributed by atoms with E-state index in [2.05, 4.69) is 5.32 Å². The maximum Gasteiger partial charge on any atom is 0.242 e. The van der Waals surface area contributed by atoms with E-state index in [1.165, 1.54) is 11.8 Å². The number of hydrogen-bond acceptors (Lipinski definition) is 3. The third kappa shape index (κ3) is 6.29. The van der Waals surface area contributed by atoms with E-state index < -0.39 is 6.04 Å². The molecule has 2 rings (SSSR count). The molecule has 2 amide bonds. The maximum absolute atomic E-state index is 12.9. The van der Waals surface area contributed by atoms with Crippen LogP contribution in [0.2, 0.25) is 5.02 Å². The Kier molecular flexibility index (Phi) is 8.20. The average Bonchev–Trinajstić information content (AvgIpc) is 2.66. The first-order valence-corrected chi connectivity index (χ1v) is 10.3. The largest absolute Gasteiger partial charge is 0.355 e. The highest BCUT2D eigenvalue weighted by molar-refractivity contribution is 8.00. The van der Waals surface area contributed by atoms with Gasteiger partial charge in [0.2, 0.25) is 11.8 Å². The fraction of sp³-hybridized carbons (Fsp3) is 0.333. The van der Waals surface area contributed by atoms with Gasteiger partial charge in [0, 0.05) is 23.0 Å². The molecule has 0 fully saturated rings. The zero-order valence-corrected chi connectivity index (χ0v) is 17.4. The second-order valence-electron chi connectivity index (χ2n) is 6.26. The molecule has 0 aromatic heterocycles. The van der Waals surface area contributed by atoms with Crippen molar-refractivity contribution in [1.29, 1.82) is 0 Å². The molecule has 2 aromatic carbocycles. The first-order chi connectivity index (χ1) is 12.9. The maximum atomic E-state index is 12.9. The quantitative estimate of drug-likeness (QED) is 0.667. The Hall–Kier alpha value is -1.98. The van der Waals surface area contributed by atoms with Crippen molar-refractivity contribution in [2.45, 2.75) is 38.3 Å². The molecule has 4 nitrogen and oxygen atoms in total. The summed E-state index contributed by atoms with van der Waals surface area (Å²) in [6.45, 7) is 6.60. The molecule has 144 valence electrons. The number of rotatable bonds is 8. The number of hydrogen-bond donors (Lipinski definition) is 1. The summed E-state index contributed by atoms with van der Waals surface area (Å²) in [5.41, 5.74) is 2.14. The molecule has 0 saturated heterocycles. The lowest BCUT2D eigenvalue weighted by Gasteiger charge is -2.29. The van der Waals surface area contributed by atoms with E-state index in [0.29, 0.717) is 18.1 Å². The second-order valence-corrected chi connectivity index (χ2v) is 7.75. The molecule has 2 aromatic rings. The van der Waals surface area contributed by atoms with Crippen LogP contribution >= 0.6 is 23.4 Å². The van der Waals surface area contributed by atoms with Crippen LogP contribution in [0.4, 0.5) is 0 Å². The Balaban J connectivity index is 2.14. The van der Waals surface area contributed by atoms with Crippen molar-refractivity contribution in [3.63, 3.8) is 0 Å². The second kappa shape index (κ2) is 10.4. The van der Waals surface area contributed by atoms with Gasteiger partial charge in [0.15, 0.2) is 0 Å². The predicted octanol–water partition coefficient (Wildman–Crippen LogP) is 4.29. The van der Waals surface area contributed by atoms with Crippen LogP contribution in [-0.2, 0) is 16.1 Å². The topological polar surface area (TPSA) is 49.4 Å². The number of halogens is 1. The monoisotopic (exact) mass is 404 g/mol. The molecule has 27 heavy (non-hydrogen) atoms. The normalized spacial score (nSPS) is 11.7. The molecule has 1 atom stereocenters. The van der Waals surface area contributed by atoms with E-state index in [1.807, 2.05) is 50.2 Å². The van der Waals surface area contributed by atoms with E-state index in [1.54, 1.807) is 24.0 Å². The van der Waals surface area contributed by atoms with E-state index in [-0.39, 0.29) is 17.6 Å². The molecule has 0 aliphatic rings. The lowest BCUT2D eigenvalue weighted by atomic mass is 10.1. The lowest BCUT2D eigenvalue weighted by molar-refractivity contribution is -0.138. The van der Waals surface area contributed by atoms with Crippen molar-refractivity contribution >= 4 is 35.2 Å². The van der Waals surface area contributed by atoms with Crippen LogP contribution in [0.25, 0.3) is 0 Å². The predicted molar refractivity (Wildman–Crippen MR) is 112 cm³/mol. The summed E-state index contributed by atoms with van der Waals surface area (Å²) >= 11 is 7.35. The van der Waals surface area contributed by atoms with Gasteiger partial charge in [-0.25, -0.2) is 0 Å². The molecule has 0 saturated carbocycles. The summed E-state index contributed by atoms with van der Waals surface area (Å²) in [6.07, 6.45) is 0. The van der Waals surface area contributed by atoms with Crippen molar-refractivity contribution < 1.29 is 9.59 Å². The fourth-order valence-electron chi connectivity index (χ4n) is 2.63. The number of carbonyl (C=O) groups excluding carboxylic acids is 2. The number of aryl methyl sites for hydroxylation is 1. The molecule has 0 heterocycles. The minimum absolute atomic E-state index is 0.0723. The van der Waals surface area contributed by atoms with Gasteiger partial charge in [-0.2, -0.15) is 0 Å². The summed E-state index contributed by atoms with van der Waals surface area (Å²) in [7, 11) is 0. The number of carbonyl (C=O) groups is 2. The van der Waals surface area contributed by atoms with Crippen LogP contribution in [0.15, 0.2) is 53.4 Å². The molecule has 0 bridgehead atoms. The van der Waals surface area contributed by atoms with Gasteiger partial charge in [0.05, 0.1) is 5.75 Å². The minimum Gasteiger partial charge on any atom is -0.355 e. The first-order valence-electron chi connectivity index (χ1n) is 8.92. The van der Waals surface area contributed by atoms with Gasteiger partial charge in [-0.15, -0.1) is 11.8 Å². The molecule has 1 N–H and O–H groups in total. The van der Waals surface area contributed by atoms with Crippen molar-refractivity contribution in [2.75, 3.05) is 12.3 Å². The summed E-state index contributed by atoms with van der Waals surface area (Å²) in [5, 5.41) is 3.47. The van der Waals surface area contributed by atoms with Crippen molar-refractivity contribution in [3.8, 4) is 0 Å². The van der Waals surface area contributed by atoms with Crippen molar-refractivity contribution in [3.05, 3.63) is 64.7 Å². The molecule has 6 heteroatoms. The first kappa shape index (κ1) is 21.3. The van der Waals surface area contributed by atoms with Crippen LogP contribution in [-0.4, -0.2) is 35.1 Å². The van der Waals surface area contributed by atoms with Crippen molar-refractivity contribution in [1.82, 2.24) is 10.2 Å². The highest BCUT2D eigenvalue weighted by Crippen LogP contribution is 2.22. The van der Waals surface area contributed by atoms with Crippen molar-refractivity contribution in [2.24, 2.45) is 0 Å². The number of likely N-dealkylation sites (N-methyl/N-ethyl adjacent to an activating group) is 1. The number of amides is 2. The van der Waals surface area contributed by atoms with E-state index >= 15 is 0 Å². The molecule has 0 aliphatic heterocycles. The molecule has 0 radical (unpaired) electrons. The Morgan fingerprint density at radius 2 is 1.81 bits per heavy atom. The summed E-state index contributed by atoms with van der Waals surface area (Å²) in [4.78, 5) is 27.9. The van der Waals surface area contributed by atoms with E-state index in [9.17, 15) is 9.59 Å². The highest BCUT2D eigenvalue weighted by atomic mass is 35.5. The Labute approximate surface area is 170 Å². The van der Waals surface area contributed by atoms with Gasteiger partial charge in [-0.3, -0.25) is 9.59 Å². The third-order valence-corrected chi connectivity index (χ3v) is 5.54. The van der Waals surface area contributed by atoms with Gasteiger partial charge in [-0.05, 0) is 56.2 Å². The highest BCUT2D eigenvalue weighted by Gasteiger charge is 2.26. The Morgan fingerprint density at radius 3 is 2.44 bits per heavy atom.